The molecule has 3 atom stereocenters. The molecule has 0 radical (unpaired) electrons. The number of rotatable bonds is 2. The number of piperidine rings is 1. The molecule has 0 amide bonds. The van der Waals surface area contributed by atoms with Gasteiger partial charge in [0.05, 0.1) is 0 Å². The Bertz CT molecular complexity index is 167. The summed E-state index contributed by atoms with van der Waals surface area (Å²) in [5.41, 5.74) is 0. The van der Waals surface area contributed by atoms with E-state index in [0.29, 0.717) is 0 Å². The highest BCUT2D eigenvalue weighted by Crippen LogP contribution is 2.30. The summed E-state index contributed by atoms with van der Waals surface area (Å²) in [7, 11) is 0. The van der Waals surface area contributed by atoms with E-state index in [4.69, 9.17) is 0 Å². The van der Waals surface area contributed by atoms with E-state index in [-0.39, 0.29) is 0 Å². The Labute approximate surface area is 81.5 Å². The van der Waals surface area contributed by atoms with Crippen molar-refractivity contribution in [2.75, 3.05) is 19.6 Å². The van der Waals surface area contributed by atoms with Crippen LogP contribution in [-0.4, -0.2) is 25.7 Å². The van der Waals surface area contributed by atoms with Crippen LogP contribution in [0.3, 0.4) is 0 Å². The van der Waals surface area contributed by atoms with Crippen molar-refractivity contribution in [3.63, 3.8) is 0 Å². The highest BCUT2D eigenvalue weighted by molar-refractivity contribution is 4.94. The molecule has 13 heavy (non-hydrogen) atoms. The van der Waals surface area contributed by atoms with E-state index in [1.807, 2.05) is 0 Å². The second-order valence-electron chi connectivity index (χ2n) is 5.06. The van der Waals surface area contributed by atoms with Crippen LogP contribution in [0.15, 0.2) is 0 Å². The van der Waals surface area contributed by atoms with Gasteiger partial charge in [-0.15, -0.1) is 0 Å². The second-order valence-corrected chi connectivity index (χ2v) is 5.06. The third kappa shape index (κ3) is 2.05. The van der Waals surface area contributed by atoms with Crippen molar-refractivity contribution in [1.82, 2.24) is 10.6 Å². The molecule has 76 valence electrons. The summed E-state index contributed by atoms with van der Waals surface area (Å²) in [6.45, 7) is 8.40. The smallest absolute Gasteiger partial charge is 0.0113 e. The van der Waals surface area contributed by atoms with Crippen molar-refractivity contribution in [3.8, 4) is 0 Å². The Morgan fingerprint density at radius 2 is 2.15 bits per heavy atom. The van der Waals surface area contributed by atoms with Crippen LogP contribution >= 0.6 is 0 Å². The van der Waals surface area contributed by atoms with Crippen molar-refractivity contribution in [2.45, 2.75) is 32.7 Å². The average Bonchev–Trinajstić information content (AvgIpc) is 2.48. The summed E-state index contributed by atoms with van der Waals surface area (Å²) in [4.78, 5) is 0. The third-order valence-electron chi connectivity index (χ3n) is 3.56. The quantitative estimate of drug-likeness (QED) is 0.671. The Kier molecular flexibility index (Phi) is 2.89. The van der Waals surface area contributed by atoms with Crippen LogP contribution in [0.1, 0.15) is 26.7 Å². The maximum absolute atomic E-state index is 3.69. The predicted octanol–water partition coefficient (Wildman–Crippen LogP) is 1.23. The topological polar surface area (TPSA) is 24.1 Å². The summed E-state index contributed by atoms with van der Waals surface area (Å²) in [5.74, 6) is 2.71. The van der Waals surface area contributed by atoms with E-state index >= 15 is 0 Å². The average molecular weight is 182 g/mol. The lowest BCUT2D eigenvalue weighted by Crippen LogP contribution is -2.40. The molecule has 0 aromatic rings. The van der Waals surface area contributed by atoms with Gasteiger partial charge in [-0.2, -0.15) is 0 Å². The maximum atomic E-state index is 3.69. The van der Waals surface area contributed by atoms with Crippen LogP contribution in [0.4, 0.5) is 0 Å². The van der Waals surface area contributed by atoms with Gasteiger partial charge in [0.15, 0.2) is 0 Å². The number of nitrogens with one attached hydrogen (secondary N) is 2. The minimum absolute atomic E-state index is 0.790. The van der Waals surface area contributed by atoms with Crippen LogP contribution in [0, 0.1) is 17.8 Å². The van der Waals surface area contributed by atoms with Crippen molar-refractivity contribution in [2.24, 2.45) is 17.8 Å². The van der Waals surface area contributed by atoms with Gasteiger partial charge in [0.25, 0.3) is 0 Å². The molecule has 0 spiro atoms. The highest BCUT2D eigenvalue weighted by Gasteiger charge is 2.36. The van der Waals surface area contributed by atoms with E-state index in [1.54, 1.807) is 0 Å². The van der Waals surface area contributed by atoms with Crippen LogP contribution in [0.2, 0.25) is 0 Å². The first-order valence-corrected chi connectivity index (χ1v) is 5.71. The van der Waals surface area contributed by atoms with Gasteiger partial charge in [0.1, 0.15) is 0 Å². The molecular formula is C11H22N2. The molecule has 3 unspecified atom stereocenters. The summed E-state index contributed by atoms with van der Waals surface area (Å²) in [6, 6.07) is 0.790. The van der Waals surface area contributed by atoms with Gasteiger partial charge in [-0.1, -0.05) is 13.8 Å². The molecule has 2 heterocycles. The first kappa shape index (κ1) is 9.47. The molecule has 0 aromatic heterocycles. The first-order chi connectivity index (χ1) is 6.27. The zero-order valence-corrected chi connectivity index (χ0v) is 8.84. The molecule has 2 aliphatic rings. The van der Waals surface area contributed by atoms with Gasteiger partial charge in [0.2, 0.25) is 0 Å². The lowest BCUT2D eigenvalue weighted by atomic mass is 9.83. The summed E-state index contributed by atoms with van der Waals surface area (Å²) in [6.07, 6.45) is 2.73. The van der Waals surface area contributed by atoms with Gasteiger partial charge in [-0.3, -0.25) is 0 Å². The Hall–Kier alpha value is -0.0800. The Morgan fingerprint density at radius 1 is 1.31 bits per heavy atom. The molecule has 2 N–H and O–H groups in total. The highest BCUT2D eigenvalue weighted by atomic mass is 15.0. The molecule has 2 fully saturated rings. The molecule has 0 saturated carbocycles. The fourth-order valence-corrected chi connectivity index (χ4v) is 2.88. The molecule has 2 saturated heterocycles. The van der Waals surface area contributed by atoms with Crippen LogP contribution < -0.4 is 10.6 Å². The van der Waals surface area contributed by atoms with E-state index in [2.05, 4.69) is 24.5 Å². The van der Waals surface area contributed by atoms with Crippen molar-refractivity contribution in [3.05, 3.63) is 0 Å². The zero-order valence-electron chi connectivity index (χ0n) is 8.84. The van der Waals surface area contributed by atoms with Gasteiger partial charge in [-0.05, 0) is 50.2 Å². The molecule has 2 heteroatoms. The van der Waals surface area contributed by atoms with Crippen LogP contribution in [0.25, 0.3) is 0 Å². The lowest BCUT2D eigenvalue weighted by Gasteiger charge is -2.29. The van der Waals surface area contributed by atoms with Crippen molar-refractivity contribution in [1.29, 1.82) is 0 Å². The monoisotopic (exact) mass is 182 g/mol. The van der Waals surface area contributed by atoms with E-state index in [1.165, 1.54) is 32.5 Å². The number of fused-ring (bicyclic) bond motifs is 1. The van der Waals surface area contributed by atoms with Gasteiger partial charge >= 0.3 is 0 Å². The van der Waals surface area contributed by atoms with Gasteiger partial charge in [0, 0.05) is 6.04 Å². The fraction of sp³-hybridized carbons (Fsp3) is 1.00. The molecule has 2 aliphatic heterocycles. The second kappa shape index (κ2) is 3.97. The summed E-state index contributed by atoms with van der Waals surface area (Å²) >= 11 is 0. The maximum Gasteiger partial charge on any atom is 0.0113 e. The van der Waals surface area contributed by atoms with E-state index in [9.17, 15) is 0 Å². The molecule has 2 nitrogen and oxygen atoms in total. The zero-order chi connectivity index (χ0) is 9.26. The normalized spacial score (nSPS) is 39.5. The van der Waals surface area contributed by atoms with Crippen molar-refractivity contribution < 1.29 is 0 Å². The van der Waals surface area contributed by atoms with Gasteiger partial charge < -0.3 is 10.6 Å². The summed E-state index contributed by atoms with van der Waals surface area (Å²) in [5, 5.41) is 7.21. The van der Waals surface area contributed by atoms with Gasteiger partial charge in [-0.25, -0.2) is 0 Å². The third-order valence-corrected chi connectivity index (χ3v) is 3.56. The van der Waals surface area contributed by atoms with Crippen molar-refractivity contribution >= 4 is 0 Å². The lowest BCUT2D eigenvalue weighted by molar-refractivity contribution is 0.265. The minimum Gasteiger partial charge on any atom is -0.316 e. The minimum atomic E-state index is 0.790. The standard InChI is InChI=1S/C11H22N2/c1-8(2)5-11-10-7-12-4-3-9(10)6-13-11/h8-13H,3-7H2,1-2H3. The van der Waals surface area contributed by atoms with Crippen LogP contribution in [0.5, 0.6) is 0 Å². The first-order valence-electron chi connectivity index (χ1n) is 5.71. The Balaban J connectivity index is 1.91. The molecular weight excluding hydrogens is 160 g/mol. The number of hydrogen-bond acceptors (Lipinski definition) is 2. The van der Waals surface area contributed by atoms with Crippen LogP contribution in [-0.2, 0) is 0 Å². The molecule has 0 bridgehead atoms. The molecule has 0 aliphatic carbocycles. The SMILES string of the molecule is CC(C)CC1NCC2CCNCC21. The van der Waals surface area contributed by atoms with E-state index in [0.717, 1.165) is 23.8 Å². The summed E-state index contributed by atoms with van der Waals surface area (Å²) < 4.78 is 0. The largest absolute Gasteiger partial charge is 0.316 e. The van der Waals surface area contributed by atoms with E-state index < -0.39 is 0 Å². The predicted molar refractivity (Wildman–Crippen MR) is 55.7 cm³/mol. The fourth-order valence-electron chi connectivity index (χ4n) is 2.88. The molecule has 2 rings (SSSR count). The number of hydrogen-bond donors (Lipinski definition) is 2. The Morgan fingerprint density at radius 3 is 2.92 bits per heavy atom. The molecule has 0 aromatic carbocycles.